The molecule has 3 heteroatoms. The fourth-order valence-corrected chi connectivity index (χ4v) is 6.41. The first-order valence-corrected chi connectivity index (χ1v) is 14.6. The molecule has 1 aromatic rings. The summed E-state index contributed by atoms with van der Waals surface area (Å²) in [5.74, 6) is 0. The lowest BCUT2D eigenvalue weighted by atomic mass is 9.67. The normalized spacial score (nSPS) is 24.2. The highest BCUT2D eigenvalue weighted by Crippen LogP contribution is 2.56. The fourth-order valence-electron chi connectivity index (χ4n) is 5.26. The van der Waals surface area contributed by atoms with Gasteiger partial charge in [-0.15, -0.1) is 0 Å². The van der Waals surface area contributed by atoms with Gasteiger partial charge in [-0.2, -0.15) is 0 Å². The number of allylic oxidation sites excluding steroid dienone is 2. The summed E-state index contributed by atoms with van der Waals surface area (Å²) in [5, 5.41) is 1.55. The third-order valence-corrected chi connectivity index (χ3v) is 9.09. The Hall–Kier alpha value is -1.22. The Morgan fingerprint density at radius 1 is 0.964 bits per heavy atom. The first-order chi connectivity index (χ1) is 12.7. The number of benzene rings is 1. The number of aryl methyl sites for hydroxylation is 1. The van der Waals surface area contributed by atoms with Crippen LogP contribution in [0.3, 0.4) is 0 Å². The molecule has 156 valence electrons. The lowest BCUT2D eigenvalue weighted by Gasteiger charge is -2.44. The lowest BCUT2D eigenvalue weighted by molar-refractivity contribution is 0.165. The van der Waals surface area contributed by atoms with Crippen molar-refractivity contribution in [1.82, 2.24) is 4.90 Å². The molecule has 0 unspecified atom stereocenters. The van der Waals surface area contributed by atoms with Crippen molar-refractivity contribution in [3.8, 4) is 0 Å². The summed E-state index contributed by atoms with van der Waals surface area (Å²) >= 11 is 0. The van der Waals surface area contributed by atoms with E-state index in [1.165, 1.54) is 24.1 Å². The van der Waals surface area contributed by atoms with E-state index in [0.717, 1.165) is 0 Å². The second-order valence-electron chi connectivity index (χ2n) is 11.7. The van der Waals surface area contributed by atoms with Gasteiger partial charge in [0.15, 0.2) is 0 Å². The van der Waals surface area contributed by atoms with Crippen molar-refractivity contribution in [2.75, 3.05) is 4.90 Å². The fraction of sp³-hybridized carbons (Fsp3) is 0.680. The third-order valence-electron chi connectivity index (χ3n) is 7.05. The first kappa shape index (κ1) is 21.5. The van der Waals surface area contributed by atoms with Gasteiger partial charge in [-0.1, -0.05) is 64.7 Å². The van der Waals surface area contributed by atoms with E-state index in [2.05, 4.69) is 103 Å². The Balaban J connectivity index is 2.28. The number of anilines is 1. The van der Waals surface area contributed by atoms with Gasteiger partial charge in [-0.25, -0.2) is 0 Å². The Kier molecular flexibility index (Phi) is 5.10. The second-order valence-corrected chi connectivity index (χ2v) is 16.8. The maximum absolute atomic E-state index is 2.71. The van der Waals surface area contributed by atoms with Crippen molar-refractivity contribution in [2.24, 2.45) is 10.8 Å². The maximum Gasteiger partial charge on any atom is 0.103 e. The van der Waals surface area contributed by atoms with Crippen LogP contribution in [0.2, 0.25) is 19.6 Å². The molecule has 1 atom stereocenters. The molecular formula is C25H42N2Si. The van der Waals surface area contributed by atoms with Gasteiger partial charge in [-0.05, 0) is 52.2 Å². The highest BCUT2D eigenvalue weighted by molar-refractivity contribution is 6.88. The van der Waals surface area contributed by atoms with Crippen molar-refractivity contribution in [3.63, 3.8) is 0 Å². The zero-order chi connectivity index (χ0) is 21.2. The van der Waals surface area contributed by atoms with Crippen LogP contribution in [-0.2, 0) is 0 Å². The molecule has 1 aliphatic carbocycles. The monoisotopic (exact) mass is 398 g/mol. The van der Waals surface area contributed by atoms with E-state index in [1.807, 2.05) is 0 Å². The van der Waals surface area contributed by atoms with Crippen molar-refractivity contribution in [1.29, 1.82) is 0 Å². The number of hydrogen-bond donors (Lipinski definition) is 0. The summed E-state index contributed by atoms with van der Waals surface area (Å²) in [6.07, 6.45) is 2.87. The molecule has 0 radical (unpaired) electrons. The minimum absolute atomic E-state index is 0.199. The predicted octanol–water partition coefficient (Wildman–Crippen LogP) is 6.47. The van der Waals surface area contributed by atoms with Crippen LogP contribution in [0.15, 0.2) is 29.6 Å². The molecule has 28 heavy (non-hydrogen) atoms. The summed E-state index contributed by atoms with van der Waals surface area (Å²) in [4.78, 5) is 5.41. The predicted molar refractivity (Wildman–Crippen MR) is 127 cm³/mol. The molecule has 3 rings (SSSR count). The molecule has 2 aliphatic rings. The van der Waals surface area contributed by atoms with E-state index in [-0.39, 0.29) is 10.8 Å². The minimum Gasteiger partial charge on any atom is -0.350 e. The largest absolute Gasteiger partial charge is 0.350 e. The van der Waals surface area contributed by atoms with Crippen molar-refractivity contribution in [2.45, 2.75) is 100 Å². The second kappa shape index (κ2) is 6.65. The summed E-state index contributed by atoms with van der Waals surface area (Å²) in [6, 6.07) is 7.75. The molecular weight excluding hydrogens is 356 g/mol. The molecule has 1 aliphatic heterocycles. The van der Waals surface area contributed by atoms with Crippen LogP contribution < -0.4 is 10.1 Å². The summed E-state index contributed by atoms with van der Waals surface area (Å²) in [5.41, 5.74) is 6.40. The van der Waals surface area contributed by atoms with E-state index in [0.29, 0.717) is 12.2 Å². The third kappa shape index (κ3) is 3.34. The van der Waals surface area contributed by atoms with E-state index in [4.69, 9.17) is 0 Å². The van der Waals surface area contributed by atoms with Crippen LogP contribution in [-0.4, -0.2) is 25.2 Å². The van der Waals surface area contributed by atoms with E-state index < -0.39 is 8.07 Å². The Bertz CT molecular complexity index is 795. The number of hydrogen-bond acceptors (Lipinski definition) is 2. The number of nitrogens with zero attached hydrogens (tertiary/aromatic N) is 2. The molecule has 0 saturated carbocycles. The zero-order valence-electron chi connectivity index (χ0n) is 20.2. The van der Waals surface area contributed by atoms with Gasteiger partial charge in [0.05, 0.1) is 8.07 Å². The average molecular weight is 399 g/mol. The average Bonchev–Trinajstić information content (AvgIpc) is 2.87. The topological polar surface area (TPSA) is 6.48 Å². The molecule has 0 fully saturated rings. The highest BCUT2D eigenvalue weighted by Gasteiger charge is 2.51. The van der Waals surface area contributed by atoms with Crippen LogP contribution >= 0.6 is 0 Å². The first-order valence-electron chi connectivity index (χ1n) is 11.1. The molecule has 0 aromatic heterocycles. The van der Waals surface area contributed by atoms with Crippen LogP contribution in [0.4, 0.5) is 5.69 Å². The van der Waals surface area contributed by atoms with Gasteiger partial charge in [0.25, 0.3) is 0 Å². The lowest BCUT2D eigenvalue weighted by Crippen LogP contribution is -2.44. The summed E-state index contributed by atoms with van der Waals surface area (Å²) < 4.78 is 0. The van der Waals surface area contributed by atoms with Crippen LogP contribution in [0.25, 0.3) is 0 Å². The van der Waals surface area contributed by atoms with Gasteiger partial charge in [-0.3, -0.25) is 0 Å². The highest BCUT2D eigenvalue weighted by atomic mass is 28.3. The maximum atomic E-state index is 2.71. The molecule has 0 bridgehead atoms. The Labute approximate surface area is 175 Å². The molecule has 0 spiro atoms. The van der Waals surface area contributed by atoms with E-state index >= 15 is 0 Å². The van der Waals surface area contributed by atoms with Crippen molar-refractivity contribution < 1.29 is 0 Å². The minimum atomic E-state index is -1.36. The quantitative estimate of drug-likeness (QED) is 0.538. The van der Waals surface area contributed by atoms with Gasteiger partial charge in [0.2, 0.25) is 0 Å². The van der Waals surface area contributed by atoms with E-state index in [9.17, 15) is 0 Å². The smallest absolute Gasteiger partial charge is 0.103 e. The molecule has 0 amide bonds. The van der Waals surface area contributed by atoms with Gasteiger partial charge < -0.3 is 9.80 Å². The summed E-state index contributed by atoms with van der Waals surface area (Å²) in [7, 11) is -1.36. The van der Waals surface area contributed by atoms with Crippen LogP contribution in [0, 0.1) is 17.8 Å². The molecule has 1 aromatic carbocycles. The van der Waals surface area contributed by atoms with Gasteiger partial charge in [0, 0.05) is 34.0 Å². The molecule has 2 nitrogen and oxygen atoms in total. The van der Waals surface area contributed by atoms with E-state index in [1.54, 1.807) is 16.6 Å². The van der Waals surface area contributed by atoms with Crippen molar-refractivity contribution in [3.05, 3.63) is 35.2 Å². The molecule has 0 saturated heterocycles. The molecule has 0 N–H and O–H groups in total. The van der Waals surface area contributed by atoms with Crippen molar-refractivity contribution >= 4 is 18.9 Å². The SMILES string of the molecule is Cc1ccc([Si](C)(C)C)cc1N1C2=C(N(C(C)C)[C@@H]1C)C(C)(C)CCC2(C)C. The van der Waals surface area contributed by atoms with Crippen LogP contribution in [0.1, 0.15) is 66.9 Å². The number of rotatable bonds is 3. The Morgan fingerprint density at radius 3 is 2.00 bits per heavy atom. The zero-order valence-corrected chi connectivity index (χ0v) is 21.2. The van der Waals surface area contributed by atoms with Crippen LogP contribution in [0.5, 0.6) is 0 Å². The van der Waals surface area contributed by atoms with Gasteiger partial charge >= 0.3 is 0 Å². The van der Waals surface area contributed by atoms with Gasteiger partial charge in [0.1, 0.15) is 6.17 Å². The Morgan fingerprint density at radius 2 is 1.50 bits per heavy atom. The summed E-state index contributed by atoms with van der Waals surface area (Å²) in [6.45, 7) is 26.6. The standard InChI is InChI=1S/C25H42N2Si/c1-17(2)26-19(4)27(21-16-20(28(9,10)11)13-12-18(21)3)23-22(26)24(5,6)14-15-25(23,7)8/h12-13,16-17,19H,14-15H2,1-11H3/t19-/m0/s1. The molecule has 1 heterocycles.